The number of carbonyl (C=O) groups is 1. The Labute approximate surface area is 118 Å². The van der Waals surface area contributed by atoms with Gasteiger partial charge in [-0.05, 0) is 39.7 Å². The summed E-state index contributed by atoms with van der Waals surface area (Å²) in [5, 5.41) is 10.4. The standard InChI is InChI=1S/C14H29NO3Si/c1-14(2,3)18-13(17)15-9-7-8-11(15)12(16)10-19(4,5)6/h11-12,16H,7-10H2,1-6H3/t11-,12-/m0/s1. The topological polar surface area (TPSA) is 49.8 Å². The van der Waals surface area contributed by atoms with E-state index in [0.29, 0.717) is 6.54 Å². The van der Waals surface area contributed by atoms with Crippen LogP contribution in [0.3, 0.4) is 0 Å². The molecule has 0 aromatic heterocycles. The van der Waals surface area contributed by atoms with E-state index < -0.39 is 19.8 Å². The quantitative estimate of drug-likeness (QED) is 0.812. The number of carbonyl (C=O) groups excluding carboxylic acids is 1. The van der Waals surface area contributed by atoms with Crippen LogP contribution in [0, 0.1) is 0 Å². The Hall–Kier alpha value is -0.553. The Bertz CT molecular complexity index is 320. The maximum Gasteiger partial charge on any atom is 0.410 e. The molecule has 19 heavy (non-hydrogen) atoms. The van der Waals surface area contributed by atoms with E-state index in [2.05, 4.69) is 19.6 Å². The SMILES string of the molecule is CC(C)(C)OC(=O)N1CCC[C@H]1[C@@H](O)C[Si](C)(C)C. The van der Waals surface area contributed by atoms with E-state index in [1.807, 2.05) is 20.8 Å². The van der Waals surface area contributed by atoms with Crippen LogP contribution in [0.1, 0.15) is 33.6 Å². The molecule has 1 fully saturated rings. The van der Waals surface area contributed by atoms with Crippen LogP contribution in [0.15, 0.2) is 0 Å². The fourth-order valence-corrected chi connectivity index (χ4v) is 4.03. The van der Waals surface area contributed by atoms with Crippen molar-refractivity contribution in [1.29, 1.82) is 0 Å². The third kappa shape index (κ3) is 5.53. The molecule has 5 heteroatoms. The van der Waals surface area contributed by atoms with Crippen molar-refractivity contribution in [3.8, 4) is 0 Å². The largest absolute Gasteiger partial charge is 0.444 e. The average Bonchev–Trinajstić information content (AvgIpc) is 2.59. The van der Waals surface area contributed by atoms with E-state index in [4.69, 9.17) is 4.74 Å². The highest BCUT2D eigenvalue weighted by molar-refractivity contribution is 6.76. The monoisotopic (exact) mass is 287 g/mol. The molecule has 2 atom stereocenters. The first-order chi connectivity index (χ1) is 8.49. The smallest absolute Gasteiger partial charge is 0.410 e. The number of likely N-dealkylation sites (tertiary alicyclic amines) is 1. The fourth-order valence-electron chi connectivity index (χ4n) is 2.50. The second-order valence-corrected chi connectivity index (χ2v) is 13.2. The van der Waals surface area contributed by atoms with Crippen molar-refractivity contribution >= 4 is 14.2 Å². The molecule has 0 spiro atoms. The summed E-state index contributed by atoms with van der Waals surface area (Å²) in [5.41, 5.74) is -0.478. The molecule has 112 valence electrons. The van der Waals surface area contributed by atoms with Crippen LogP contribution in [-0.2, 0) is 4.74 Å². The Morgan fingerprint density at radius 2 is 2.00 bits per heavy atom. The zero-order valence-electron chi connectivity index (χ0n) is 13.2. The van der Waals surface area contributed by atoms with Gasteiger partial charge in [-0.25, -0.2) is 4.79 Å². The van der Waals surface area contributed by atoms with Gasteiger partial charge < -0.3 is 14.7 Å². The molecular weight excluding hydrogens is 258 g/mol. The molecule has 0 radical (unpaired) electrons. The molecule has 0 aromatic carbocycles. The maximum absolute atomic E-state index is 12.1. The minimum Gasteiger partial charge on any atom is -0.444 e. The van der Waals surface area contributed by atoms with Gasteiger partial charge in [0, 0.05) is 14.6 Å². The van der Waals surface area contributed by atoms with Gasteiger partial charge in [0.25, 0.3) is 0 Å². The lowest BCUT2D eigenvalue weighted by molar-refractivity contribution is 0.00785. The molecular formula is C14H29NO3Si. The van der Waals surface area contributed by atoms with E-state index in [1.54, 1.807) is 4.90 Å². The van der Waals surface area contributed by atoms with Gasteiger partial charge in [0.2, 0.25) is 0 Å². The van der Waals surface area contributed by atoms with Crippen LogP contribution in [0.2, 0.25) is 25.7 Å². The van der Waals surface area contributed by atoms with Gasteiger partial charge in [-0.2, -0.15) is 0 Å². The predicted molar refractivity (Wildman–Crippen MR) is 80.1 cm³/mol. The zero-order valence-corrected chi connectivity index (χ0v) is 14.2. The molecule has 0 saturated carbocycles. The lowest BCUT2D eigenvalue weighted by Gasteiger charge is -2.33. The van der Waals surface area contributed by atoms with E-state index in [9.17, 15) is 9.90 Å². The van der Waals surface area contributed by atoms with Crippen LogP contribution >= 0.6 is 0 Å². The lowest BCUT2D eigenvalue weighted by atomic mass is 10.1. The third-order valence-electron chi connectivity index (χ3n) is 3.19. The number of hydrogen-bond acceptors (Lipinski definition) is 3. The zero-order chi connectivity index (χ0) is 14.8. The Morgan fingerprint density at radius 3 is 2.47 bits per heavy atom. The van der Waals surface area contributed by atoms with Gasteiger partial charge in [0.05, 0.1) is 12.1 Å². The van der Waals surface area contributed by atoms with Crippen molar-refractivity contribution in [3.05, 3.63) is 0 Å². The summed E-state index contributed by atoms with van der Waals surface area (Å²) in [6.45, 7) is 13.0. The summed E-state index contributed by atoms with van der Waals surface area (Å²) >= 11 is 0. The molecule has 1 rings (SSSR count). The normalized spacial score (nSPS) is 22.5. The van der Waals surface area contributed by atoms with E-state index in [0.717, 1.165) is 18.9 Å². The van der Waals surface area contributed by atoms with Gasteiger partial charge in [-0.3, -0.25) is 0 Å². The van der Waals surface area contributed by atoms with Crippen molar-refractivity contribution in [2.75, 3.05) is 6.54 Å². The predicted octanol–water partition coefficient (Wildman–Crippen LogP) is 3.09. The highest BCUT2D eigenvalue weighted by atomic mass is 28.3. The summed E-state index contributed by atoms with van der Waals surface area (Å²) in [7, 11) is -1.33. The summed E-state index contributed by atoms with van der Waals surface area (Å²) in [4.78, 5) is 13.9. The van der Waals surface area contributed by atoms with Crippen LogP contribution in [0.25, 0.3) is 0 Å². The molecule has 1 heterocycles. The van der Waals surface area contributed by atoms with Gasteiger partial charge >= 0.3 is 6.09 Å². The van der Waals surface area contributed by atoms with Crippen LogP contribution in [-0.4, -0.2) is 48.5 Å². The third-order valence-corrected chi connectivity index (χ3v) is 4.84. The van der Waals surface area contributed by atoms with Crippen LogP contribution in [0.5, 0.6) is 0 Å². The van der Waals surface area contributed by atoms with Gasteiger partial charge in [0.15, 0.2) is 0 Å². The molecule has 1 amide bonds. The second-order valence-electron chi connectivity index (χ2n) is 7.72. The minimum absolute atomic E-state index is 0.0680. The maximum atomic E-state index is 12.1. The first-order valence-corrected chi connectivity index (χ1v) is 10.9. The van der Waals surface area contributed by atoms with Crippen molar-refractivity contribution in [3.63, 3.8) is 0 Å². The number of rotatable bonds is 3. The number of hydrogen-bond donors (Lipinski definition) is 1. The average molecular weight is 287 g/mol. The summed E-state index contributed by atoms with van der Waals surface area (Å²) in [5.74, 6) is 0. The van der Waals surface area contributed by atoms with Crippen LogP contribution in [0.4, 0.5) is 4.79 Å². The van der Waals surface area contributed by atoms with Gasteiger partial charge in [-0.15, -0.1) is 0 Å². The Balaban J connectivity index is 2.66. The first-order valence-electron chi connectivity index (χ1n) is 7.17. The minimum atomic E-state index is -1.33. The number of aliphatic hydroxyl groups is 1. The first kappa shape index (κ1) is 16.5. The molecule has 0 bridgehead atoms. The number of nitrogens with zero attached hydrogens (tertiary/aromatic N) is 1. The van der Waals surface area contributed by atoms with Crippen molar-refractivity contribution in [2.24, 2.45) is 0 Å². The van der Waals surface area contributed by atoms with E-state index >= 15 is 0 Å². The molecule has 0 aromatic rings. The highest BCUT2D eigenvalue weighted by Gasteiger charge is 2.37. The Morgan fingerprint density at radius 1 is 1.42 bits per heavy atom. The van der Waals surface area contributed by atoms with Crippen molar-refractivity contribution in [1.82, 2.24) is 4.90 Å². The molecule has 1 N–H and O–H groups in total. The summed E-state index contributed by atoms with van der Waals surface area (Å²) in [6, 6.07) is 0.762. The molecule has 1 aliphatic rings. The number of aliphatic hydroxyl groups excluding tert-OH is 1. The molecule has 1 aliphatic heterocycles. The van der Waals surface area contributed by atoms with Gasteiger partial charge in [-0.1, -0.05) is 19.6 Å². The second kappa shape index (κ2) is 5.83. The molecule has 1 saturated heterocycles. The summed E-state index contributed by atoms with van der Waals surface area (Å²) in [6.07, 6.45) is 1.13. The Kier molecular flexibility index (Phi) is 5.06. The van der Waals surface area contributed by atoms with Crippen molar-refractivity contribution in [2.45, 2.75) is 77.0 Å². The molecule has 4 nitrogen and oxygen atoms in total. The van der Waals surface area contributed by atoms with Gasteiger partial charge in [0.1, 0.15) is 5.60 Å². The lowest BCUT2D eigenvalue weighted by Crippen LogP contribution is -2.46. The van der Waals surface area contributed by atoms with E-state index in [1.165, 1.54) is 0 Å². The number of amides is 1. The van der Waals surface area contributed by atoms with E-state index in [-0.39, 0.29) is 12.1 Å². The molecule has 0 unspecified atom stereocenters. The number of ether oxygens (including phenoxy) is 1. The highest BCUT2D eigenvalue weighted by Crippen LogP contribution is 2.27. The van der Waals surface area contributed by atoms with Crippen molar-refractivity contribution < 1.29 is 14.6 Å². The van der Waals surface area contributed by atoms with Crippen LogP contribution < -0.4 is 0 Å². The summed E-state index contributed by atoms with van der Waals surface area (Å²) < 4.78 is 5.42. The fraction of sp³-hybridized carbons (Fsp3) is 0.929. The molecule has 0 aliphatic carbocycles.